The highest BCUT2D eigenvalue weighted by Gasteiger charge is 2.29. The third kappa shape index (κ3) is 7.62. The highest BCUT2D eigenvalue weighted by Crippen LogP contribution is 2.30. The summed E-state index contributed by atoms with van der Waals surface area (Å²) < 4.78 is 25.6. The summed E-state index contributed by atoms with van der Waals surface area (Å²) in [6, 6.07) is 4.14. The quantitative estimate of drug-likeness (QED) is 0.485. The van der Waals surface area contributed by atoms with Crippen molar-refractivity contribution in [3.63, 3.8) is 0 Å². The molecule has 0 aliphatic carbocycles. The van der Waals surface area contributed by atoms with E-state index in [2.05, 4.69) is 25.9 Å². The number of carbonyl (C=O) groups is 1. The van der Waals surface area contributed by atoms with Gasteiger partial charge in [-0.2, -0.15) is 0 Å². The molecule has 33 heavy (non-hydrogen) atoms. The van der Waals surface area contributed by atoms with Crippen LogP contribution in [0.2, 0.25) is 0 Å². The van der Waals surface area contributed by atoms with Gasteiger partial charge >= 0.3 is 0 Å². The summed E-state index contributed by atoms with van der Waals surface area (Å²) in [6.07, 6.45) is 5.64. The number of hydrogen-bond donors (Lipinski definition) is 4. The van der Waals surface area contributed by atoms with Gasteiger partial charge in [0, 0.05) is 12.1 Å². The monoisotopic (exact) mass is 461 g/mol. The predicted molar refractivity (Wildman–Crippen MR) is 124 cm³/mol. The smallest absolute Gasteiger partial charge is 0.212 e. The SMILES string of the molecule is C1CCNCC1.CC1(C)COCC(CNc2nc(-c3cc(NC=O)ncc3O)ccc2F)O1. The molecule has 2 aromatic heterocycles. The highest BCUT2D eigenvalue weighted by atomic mass is 19.1. The van der Waals surface area contributed by atoms with E-state index in [1.807, 2.05) is 13.8 Å². The lowest BCUT2D eigenvalue weighted by Gasteiger charge is -2.36. The van der Waals surface area contributed by atoms with E-state index < -0.39 is 11.4 Å². The van der Waals surface area contributed by atoms with Crippen molar-refractivity contribution in [2.24, 2.45) is 0 Å². The fourth-order valence-corrected chi connectivity index (χ4v) is 3.58. The van der Waals surface area contributed by atoms with Gasteiger partial charge in [-0.25, -0.2) is 14.4 Å². The second-order valence-corrected chi connectivity index (χ2v) is 8.58. The molecule has 1 unspecified atom stereocenters. The van der Waals surface area contributed by atoms with Gasteiger partial charge in [-0.15, -0.1) is 0 Å². The molecule has 0 radical (unpaired) electrons. The van der Waals surface area contributed by atoms with Crippen LogP contribution >= 0.6 is 0 Å². The molecule has 0 saturated carbocycles. The lowest BCUT2D eigenvalue weighted by atomic mass is 10.1. The number of carbonyl (C=O) groups excluding carboxylic acids is 1. The Bertz CT molecular complexity index is 912. The fourth-order valence-electron chi connectivity index (χ4n) is 3.58. The van der Waals surface area contributed by atoms with Crippen molar-refractivity contribution in [3.05, 3.63) is 30.2 Å². The minimum absolute atomic E-state index is 0.0283. The standard InChI is InChI=1S/C18H21FN4O4.C5H11N/c1-18(2)9-26-8-11(27-18)6-21-17-13(19)3-4-14(23-17)12-5-16(22-10-24)20-7-15(12)25;1-2-4-6-5-3-1/h3-5,7,10-11,25H,6,8-9H2,1-2H3,(H,21,23)(H,20,22,24);6H,1-5H2. The zero-order chi connectivity index (χ0) is 23.7. The Morgan fingerprint density at radius 3 is 2.73 bits per heavy atom. The molecule has 4 rings (SSSR count). The Balaban J connectivity index is 0.000000442. The van der Waals surface area contributed by atoms with E-state index in [4.69, 9.17) is 9.47 Å². The van der Waals surface area contributed by atoms with E-state index in [-0.39, 0.29) is 23.5 Å². The van der Waals surface area contributed by atoms with Gasteiger partial charge in [0.15, 0.2) is 11.6 Å². The molecule has 2 saturated heterocycles. The largest absolute Gasteiger partial charge is 0.506 e. The average molecular weight is 462 g/mol. The van der Waals surface area contributed by atoms with Gasteiger partial charge in [-0.3, -0.25) is 4.79 Å². The lowest BCUT2D eigenvalue weighted by Crippen LogP contribution is -2.45. The van der Waals surface area contributed by atoms with Crippen LogP contribution < -0.4 is 16.0 Å². The van der Waals surface area contributed by atoms with Crippen LogP contribution in [0.25, 0.3) is 11.3 Å². The third-order valence-corrected chi connectivity index (χ3v) is 5.16. The number of nitrogens with one attached hydrogen (secondary N) is 3. The number of aromatic nitrogens is 2. The van der Waals surface area contributed by atoms with E-state index in [1.54, 1.807) is 0 Å². The molecule has 0 aromatic carbocycles. The minimum Gasteiger partial charge on any atom is -0.506 e. The van der Waals surface area contributed by atoms with Gasteiger partial charge in [0.25, 0.3) is 0 Å². The van der Waals surface area contributed by atoms with Crippen LogP contribution in [-0.4, -0.2) is 66.0 Å². The van der Waals surface area contributed by atoms with Crippen molar-refractivity contribution < 1.29 is 23.8 Å². The zero-order valence-corrected chi connectivity index (χ0v) is 19.1. The number of rotatable bonds is 6. The van der Waals surface area contributed by atoms with Crippen molar-refractivity contribution >= 4 is 18.0 Å². The van der Waals surface area contributed by atoms with Crippen LogP contribution in [0.5, 0.6) is 5.75 Å². The van der Waals surface area contributed by atoms with Gasteiger partial charge in [0.05, 0.1) is 36.8 Å². The molecular formula is C23H32FN5O4. The maximum Gasteiger partial charge on any atom is 0.212 e. The van der Waals surface area contributed by atoms with Gasteiger partial charge in [-0.1, -0.05) is 6.42 Å². The first-order valence-electron chi connectivity index (χ1n) is 11.1. The number of nitrogens with zero attached hydrogens (tertiary/aromatic N) is 2. The molecule has 9 nitrogen and oxygen atoms in total. The third-order valence-electron chi connectivity index (χ3n) is 5.16. The highest BCUT2D eigenvalue weighted by molar-refractivity contribution is 5.75. The molecule has 0 bridgehead atoms. The second kappa shape index (κ2) is 11.9. The molecule has 2 aromatic rings. The first-order valence-corrected chi connectivity index (χ1v) is 11.1. The average Bonchev–Trinajstić information content (AvgIpc) is 2.81. The summed E-state index contributed by atoms with van der Waals surface area (Å²) in [6.45, 7) is 7.58. The summed E-state index contributed by atoms with van der Waals surface area (Å²) in [5.41, 5.74) is 0.244. The molecule has 2 aliphatic rings. The maximum atomic E-state index is 14.2. The Kier molecular flexibility index (Phi) is 8.93. The maximum absolute atomic E-state index is 14.2. The van der Waals surface area contributed by atoms with Crippen LogP contribution in [-0.2, 0) is 14.3 Å². The van der Waals surface area contributed by atoms with E-state index in [9.17, 15) is 14.3 Å². The Morgan fingerprint density at radius 2 is 2.09 bits per heavy atom. The van der Waals surface area contributed by atoms with Gasteiger partial charge in [-0.05, 0) is 58.0 Å². The second-order valence-electron chi connectivity index (χ2n) is 8.58. The summed E-state index contributed by atoms with van der Waals surface area (Å²) >= 11 is 0. The Labute approximate surface area is 193 Å². The number of halogens is 1. The molecule has 10 heteroatoms. The Hall–Kier alpha value is -2.82. The summed E-state index contributed by atoms with van der Waals surface area (Å²) in [5, 5.41) is 18.6. The van der Waals surface area contributed by atoms with Crippen molar-refractivity contribution in [1.29, 1.82) is 0 Å². The number of ether oxygens (including phenoxy) is 2. The number of amides is 1. The molecule has 180 valence electrons. The van der Waals surface area contributed by atoms with E-state index in [0.29, 0.717) is 37.4 Å². The first-order chi connectivity index (χ1) is 15.9. The molecular weight excluding hydrogens is 429 g/mol. The number of anilines is 2. The molecule has 4 heterocycles. The molecule has 1 amide bonds. The topological polar surface area (TPSA) is 118 Å². The van der Waals surface area contributed by atoms with E-state index >= 15 is 0 Å². The van der Waals surface area contributed by atoms with Gasteiger partial charge < -0.3 is 30.5 Å². The summed E-state index contributed by atoms with van der Waals surface area (Å²) in [5.74, 6) is -0.397. The summed E-state index contributed by atoms with van der Waals surface area (Å²) in [7, 11) is 0. The minimum atomic E-state index is -0.533. The van der Waals surface area contributed by atoms with Crippen LogP contribution in [0, 0.1) is 5.82 Å². The zero-order valence-electron chi connectivity index (χ0n) is 19.1. The van der Waals surface area contributed by atoms with Crippen molar-refractivity contribution in [1.82, 2.24) is 15.3 Å². The molecule has 1 atom stereocenters. The molecule has 4 N–H and O–H groups in total. The van der Waals surface area contributed by atoms with Gasteiger partial charge in [0.2, 0.25) is 6.41 Å². The fraction of sp³-hybridized carbons (Fsp3) is 0.522. The van der Waals surface area contributed by atoms with E-state index in [1.165, 1.54) is 56.7 Å². The normalized spacial score (nSPS) is 19.7. The molecule has 0 spiro atoms. The lowest BCUT2D eigenvalue weighted by molar-refractivity contribution is -0.177. The number of piperidine rings is 1. The van der Waals surface area contributed by atoms with Crippen LogP contribution in [0.15, 0.2) is 24.4 Å². The van der Waals surface area contributed by atoms with Crippen LogP contribution in [0.1, 0.15) is 33.1 Å². The summed E-state index contributed by atoms with van der Waals surface area (Å²) in [4.78, 5) is 18.7. The van der Waals surface area contributed by atoms with Crippen LogP contribution in [0.3, 0.4) is 0 Å². The first kappa shape index (κ1) is 24.8. The van der Waals surface area contributed by atoms with Crippen molar-refractivity contribution in [2.75, 3.05) is 43.5 Å². The van der Waals surface area contributed by atoms with Crippen LogP contribution in [0.4, 0.5) is 16.0 Å². The predicted octanol–water partition coefficient (Wildman–Crippen LogP) is 2.92. The van der Waals surface area contributed by atoms with Gasteiger partial charge in [0.1, 0.15) is 11.6 Å². The van der Waals surface area contributed by atoms with E-state index in [0.717, 1.165) is 0 Å². The Morgan fingerprint density at radius 1 is 1.30 bits per heavy atom. The van der Waals surface area contributed by atoms with Crippen molar-refractivity contribution in [2.45, 2.75) is 44.8 Å². The molecule has 2 fully saturated rings. The number of pyridine rings is 2. The van der Waals surface area contributed by atoms with Crippen molar-refractivity contribution in [3.8, 4) is 17.0 Å². The number of aromatic hydroxyl groups is 1. The molecule has 2 aliphatic heterocycles. The number of hydrogen-bond acceptors (Lipinski definition) is 8.